The summed E-state index contributed by atoms with van der Waals surface area (Å²) in [4.78, 5) is 22.5. The number of ether oxygens (including phenoxy) is 1. The van der Waals surface area contributed by atoms with Crippen LogP contribution < -0.4 is 5.73 Å². The first-order valence-corrected chi connectivity index (χ1v) is 8.72. The quantitative estimate of drug-likeness (QED) is 0.306. The van der Waals surface area contributed by atoms with Gasteiger partial charge in [0.05, 0.1) is 12.0 Å². The molecule has 0 aromatic rings. The summed E-state index contributed by atoms with van der Waals surface area (Å²) in [7, 11) is 0. The minimum atomic E-state index is -1.10. The van der Waals surface area contributed by atoms with Crippen LogP contribution in [-0.4, -0.2) is 23.3 Å². The van der Waals surface area contributed by atoms with Crippen molar-refractivity contribution in [2.24, 2.45) is 11.7 Å². The van der Waals surface area contributed by atoms with Gasteiger partial charge in [-0.25, -0.2) is 4.79 Å². The van der Waals surface area contributed by atoms with Gasteiger partial charge in [-0.3, -0.25) is 4.79 Å². The number of hydrogen-bond acceptors (Lipinski definition) is 4. The molecule has 1 amide bonds. The third-order valence-electron chi connectivity index (χ3n) is 3.92. The summed E-state index contributed by atoms with van der Waals surface area (Å²) in [6.07, 6.45) is 9.33. The molecule has 0 aromatic heterocycles. The zero-order valence-electron chi connectivity index (χ0n) is 14.2. The van der Waals surface area contributed by atoms with Gasteiger partial charge >= 0.3 is 12.1 Å². The van der Waals surface area contributed by atoms with Crippen LogP contribution in [0.25, 0.3) is 0 Å². The highest BCUT2D eigenvalue weighted by Gasteiger charge is 2.28. The summed E-state index contributed by atoms with van der Waals surface area (Å²) in [5.41, 5.74) is 4.88. The van der Waals surface area contributed by atoms with Gasteiger partial charge < -0.3 is 15.6 Å². The number of amides is 1. The molecule has 0 fully saturated rings. The largest absolute Gasteiger partial charge is 0.412 e. The van der Waals surface area contributed by atoms with Crippen LogP contribution in [-0.2, 0) is 9.53 Å². The first-order valence-electron chi connectivity index (χ1n) is 8.72. The molecule has 0 spiro atoms. The van der Waals surface area contributed by atoms with E-state index in [0.717, 1.165) is 25.7 Å². The lowest BCUT2D eigenvalue weighted by molar-refractivity contribution is -0.146. The lowest BCUT2D eigenvalue weighted by Gasteiger charge is -2.20. The van der Waals surface area contributed by atoms with Crippen molar-refractivity contribution in [1.29, 1.82) is 0 Å². The Morgan fingerprint density at radius 2 is 1.45 bits per heavy atom. The van der Waals surface area contributed by atoms with Gasteiger partial charge in [-0.2, -0.15) is 0 Å². The topological polar surface area (TPSA) is 89.6 Å². The van der Waals surface area contributed by atoms with Crippen molar-refractivity contribution in [2.45, 2.75) is 90.6 Å². The summed E-state index contributed by atoms with van der Waals surface area (Å²) in [5, 5.41) is 10.0. The van der Waals surface area contributed by atoms with Crippen LogP contribution >= 0.6 is 0 Å². The number of carbonyl (C=O) groups excluding carboxylic acids is 2. The van der Waals surface area contributed by atoms with Crippen LogP contribution in [0.5, 0.6) is 0 Å². The molecule has 0 aliphatic carbocycles. The van der Waals surface area contributed by atoms with Gasteiger partial charge in [0.15, 0.2) is 0 Å². The molecule has 0 bridgehead atoms. The van der Waals surface area contributed by atoms with Gasteiger partial charge in [0, 0.05) is 0 Å². The smallest absolute Gasteiger partial charge is 0.392 e. The van der Waals surface area contributed by atoms with Crippen molar-refractivity contribution in [3.8, 4) is 0 Å². The first-order chi connectivity index (χ1) is 10.5. The third kappa shape index (κ3) is 10.6. The van der Waals surface area contributed by atoms with Gasteiger partial charge in [-0.1, -0.05) is 71.6 Å². The Hall–Kier alpha value is -1.10. The van der Waals surface area contributed by atoms with E-state index in [0.29, 0.717) is 12.8 Å². The summed E-state index contributed by atoms with van der Waals surface area (Å²) in [6.45, 7) is 4.14. The number of hydrogen-bond donors (Lipinski definition) is 2. The van der Waals surface area contributed by atoms with E-state index in [2.05, 4.69) is 11.7 Å². The van der Waals surface area contributed by atoms with Crippen molar-refractivity contribution in [3.63, 3.8) is 0 Å². The zero-order chi connectivity index (χ0) is 16.8. The summed E-state index contributed by atoms with van der Waals surface area (Å²) < 4.78 is 4.44. The van der Waals surface area contributed by atoms with Crippen LogP contribution in [0.15, 0.2) is 0 Å². The van der Waals surface area contributed by atoms with Crippen molar-refractivity contribution in [2.75, 3.05) is 0 Å². The molecule has 130 valence electrons. The maximum absolute atomic E-state index is 11.8. The molecular weight excluding hydrogens is 282 g/mol. The highest BCUT2D eigenvalue weighted by atomic mass is 16.6. The van der Waals surface area contributed by atoms with Crippen molar-refractivity contribution in [1.82, 2.24) is 0 Å². The number of aliphatic hydroxyl groups is 1. The number of primary amides is 1. The molecule has 0 aromatic carbocycles. The average Bonchev–Trinajstić information content (AvgIpc) is 2.45. The maximum Gasteiger partial charge on any atom is 0.412 e. The lowest BCUT2D eigenvalue weighted by Crippen LogP contribution is -2.32. The highest BCUT2D eigenvalue weighted by molar-refractivity contribution is 5.85. The Morgan fingerprint density at radius 1 is 0.909 bits per heavy atom. The van der Waals surface area contributed by atoms with Crippen LogP contribution in [0.3, 0.4) is 0 Å². The number of esters is 1. The van der Waals surface area contributed by atoms with E-state index in [1.54, 1.807) is 0 Å². The zero-order valence-corrected chi connectivity index (χ0v) is 14.2. The molecule has 22 heavy (non-hydrogen) atoms. The lowest BCUT2D eigenvalue weighted by atomic mass is 9.92. The molecule has 0 saturated heterocycles. The minimum Gasteiger partial charge on any atom is -0.392 e. The Labute approximate surface area is 134 Å². The number of carbonyl (C=O) groups is 2. The number of unbranched alkanes of at least 4 members (excludes halogenated alkanes) is 7. The molecule has 2 atom stereocenters. The molecule has 0 rings (SSSR count). The maximum atomic E-state index is 11.8. The van der Waals surface area contributed by atoms with Gasteiger partial charge in [-0.05, 0) is 12.8 Å². The van der Waals surface area contributed by atoms with Crippen molar-refractivity contribution < 1.29 is 19.4 Å². The van der Waals surface area contributed by atoms with Crippen LogP contribution in [0.4, 0.5) is 4.79 Å². The second-order valence-corrected chi connectivity index (χ2v) is 5.97. The second kappa shape index (κ2) is 13.6. The fourth-order valence-corrected chi connectivity index (χ4v) is 2.64. The van der Waals surface area contributed by atoms with Crippen LogP contribution in [0, 0.1) is 5.92 Å². The van der Waals surface area contributed by atoms with Gasteiger partial charge in [0.25, 0.3) is 0 Å². The van der Waals surface area contributed by atoms with E-state index in [4.69, 9.17) is 5.73 Å². The van der Waals surface area contributed by atoms with E-state index in [-0.39, 0.29) is 0 Å². The Kier molecular flexibility index (Phi) is 12.9. The number of rotatable bonds is 13. The number of nitrogens with two attached hydrogens (primary N) is 1. The average molecular weight is 315 g/mol. The number of aliphatic hydroxyl groups excluding tert-OH is 1. The second-order valence-electron chi connectivity index (χ2n) is 5.97. The van der Waals surface area contributed by atoms with Gasteiger partial charge in [0.2, 0.25) is 0 Å². The third-order valence-corrected chi connectivity index (χ3v) is 3.92. The monoisotopic (exact) mass is 315 g/mol. The molecule has 5 nitrogen and oxygen atoms in total. The van der Waals surface area contributed by atoms with Crippen LogP contribution in [0.2, 0.25) is 0 Å². The van der Waals surface area contributed by atoms with Crippen LogP contribution in [0.1, 0.15) is 84.5 Å². The molecule has 0 aliphatic rings. The fraction of sp³-hybridized carbons (Fsp3) is 0.882. The molecule has 0 aliphatic heterocycles. The molecule has 2 unspecified atom stereocenters. The van der Waals surface area contributed by atoms with E-state index >= 15 is 0 Å². The van der Waals surface area contributed by atoms with E-state index in [1.165, 1.54) is 32.1 Å². The standard InChI is InChI=1S/C17H33NO4/c1-3-5-6-7-8-9-10-11-13-14(15(19)12-4-2)16(20)22-17(18)21/h14-15,19H,3-13H2,1-2H3,(H2,18,21). The van der Waals surface area contributed by atoms with Crippen molar-refractivity contribution >= 4 is 12.1 Å². The molecule has 5 heteroatoms. The van der Waals surface area contributed by atoms with Crippen molar-refractivity contribution in [3.05, 3.63) is 0 Å². The summed E-state index contributed by atoms with van der Waals surface area (Å²) >= 11 is 0. The van der Waals surface area contributed by atoms with E-state index < -0.39 is 24.1 Å². The molecular formula is C17H33NO4. The SMILES string of the molecule is CCCCCCCCCCC(C(=O)OC(N)=O)C(O)CCC. The van der Waals surface area contributed by atoms with E-state index in [1.807, 2.05) is 6.92 Å². The predicted molar refractivity (Wildman–Crippen MR) is 87.3 cm³/mol. The summed E-state index contributed by atoms with van der Waals surface area (Å²) in [6, 6.07) is 0. The summed E-state index contributed by atoms with van der Waals surface area (Å²) in [5.74, 6) is -1.34. The molecule has 0 heterocycles. The Morgan fingerprint density at radius 3 is 1.95 bits per heavy atom. The predicted octanol–water partition coefficient (Wildman–Crippen LogP) is 3.92. The highest BCUT2D eigenvalue weighted by Crippen LogP contribution is 2.20. The van der Waals surface area contributed by atoms with Gasteiger partial charge in [-0.15, -0.1) is 0 Å². The Balaban J connectivity index is 4.03. The fourth-order valence-electron chi connectivity index (χ4n) is 2.64. The normalized spacial score (nSPS) is 13.6. The molecule has 0 radical (unpaired) electrons. The first kappa shape index (κ1) is 20.9. The van der Waals surface area contributed by atoms with E-state index in [9.17, 15) is 14.7 Å². The Bertz CT molecular complexity index is 307. The van der Waals surface area contributed by atoms with Gasteiger partial charge in [0.1, 0.15) is 0 Å². The molecule has 3 N–H and O–H groups in total. The minimum absolute atomic E-state index is 0.523. The molecule has 0 saturated carbocycles.